The molecule has 28 heavy (non-hydrogen) atoms. The molecule has 1 aliphatic rings. The van der Waals surface area contributed by atoms with E-state index in [0.717, 1.165) is 16.8 Å². The molecular weight excluding hydrogens is 360 g/mol. The third-order valence-electron chi connectivity index (χ3n) is 6.30. The van der Waals surface area contributed by atoms with Crippen LogP contribution < -0.4 is 0 Å². The number of fused-ring (bicyclic) bond motifs is 4. The molecule has 0 saturated carbocycles. The van der Waals surface area contributed by atoms with Crippen LogP contribution in [0.4, 0.5) is 0 Å². The van der Waals surface area contributed by atoms with E-state index >= 15 is 0 Å². The van der Waals surface area contributed by atoms with Crippen LogP contribution in [0.15, 0.2) is 30.5 Å². The van der Waals surface area contributed by atoms with E-state index in [2.05, 4.69) is 32.9 Å². The highest BCUT2D eigenvalue weighted by atomic mass is 32.1. The second-order valence-corrected chi connectivity index (χ2v) is 8.92. The van der Waals surface area contributed by atoms with Crippen molar-refractivity contribution in [3.05, 3.63) is 63.8 Å². The van der Waals surface area contributed by atoms with E-state index in [0.29, 0.717) is 5.56 Å². The summed E-state index contributed by atoms with van der Waals surface area (Å²) >= 11 is 1.89. The minimum atomic E-state index is 0.698. The molecule has 0 bridgehead atoms. The Morgan fingerprint density at radius 3 is 2.43 bits per heavy atom. The molecule has 1 aliphatic carbocycles. The first kappa shape index (κ1) is 17.4. The van der Waals surface area contributed by atoms with E-state index in [-0.39, 0.29) is 0 Å². The van der Waals surface area contributed by atoms with Gasteiger partial charge in [0.15, 0.2) is 0 Å². The zero-order valence-electron chi connectivity index (χ0n) is 16.5. The van der Waals surface area contributed by atoms with Gasteiger partial charge in [0.05, 0.1) is 22.0 Å². The monoisotopic (exact) mass is 382 g/mol. The molecule has 0 fully saturated rings. The normalized spacial score (nSPS) is 13.6. The van der Waals surface area contributed by atoms with Crippen LogP contribution in [0, 0.1) is 32.1 Å². The molecule has 4 aromatic rings. The number of thiophene rings is 1. The summed E-state index contributed by atoms with van der Waals surface area (Å²) in [6, 6.07) is 10.3. The summed E-state index contributed by atoms with van der Waals surface area (Å²) < 4.78 is 2.69. The molecule has 0 radical (unpaired) electrons. The number of benzene rings is 2. The van der Waals surface area contributed by atoms with Crippen LogP contribution in [-0.2, 0) is 12.8 Å². The highest BCUT2D eigenvalue weighted by Crippen LogP contribution is 2.45. The van der Waals surface area contributed by atoms with Gasteiger partial charge in [-0.1, -0.05) is 6.07 Å². The molecule has 0 atom stereocenters. The molecule has 0 N–H and O–H groups in total. The second-order valence-electron chi connectivity index (χ2n) is 7.90. The lowest BCUT2D eigenvalue weighted by atomic mass is 9.84. The Hall–Kier alpha value is -2.70. The lowest BCUT2D eigenvalue weighted by Crippen LogP contribution is -2.07. The predicted molar refractivity (Wildman–Crippen MR) is 118 cm³/mol. The zero-order chi connectivity index (χ0) is 19.4. The van der Waals surface area contributed by atoms with Crippen LogP contribution in [0.5, 0.6) is 0 Å². The van der Waals surface area contributed by atoms with E-state index in [9.17, 15) is 5.26 Å². The van der Waals surface area contributed by atoms with E-state index in [1.54, 1.807) is 11.1 Å². The fourth-order valence-corrected chi connectivity index (χ4v) is 6.26. The minimum absolute atomic E-state index is 0.698. The largest absolute Gasteiger partial charge is 0.255 e. The van der Waals surface area contributed by atoms with Crippen molar-refractivity contribution in [1.29, 1.82) is 5.26 Å². The standard InChI is InChI=1S/C25H22N2S/c1-14-12-17(13-26)8-9-18(14)23-25-21(10-11-27-23)22-15(2)19-6-4-5-7-20(19)16(3)24(22)28-25/h8-12H,4-7H2,1-3H3. The summed E-state index contributed by atoms with van der Waals surface area (Å²) in [5, 5.41) is 11.9. The first-order valence-corrected chi connectivity index (χ1v) is 10.7. The van der Waals surface area contributed by atoms with Crippen molar-refractivity contribution in [2.75, 3.05) is 0 Å². The molecule has 5 rings (SSSR count). The average Bonchev–Trinajstić information content (AvgIpc) is 3.12. The number of rotatable bonds is 1. The number of hydrogen-bond acceptors (Lipinski definition) is 3. The van der Waals surface area contributed by atoms with Crippen LogP contribution in [0.1, 0.15) is 46.2 Å². The van der Waals surface area contributed by atoms with Gasteiger partial charge in [-0.25, -0.2) is 0 Å². The lowest BCUT2D eigenvalue weighted by Gasteiger charge is -2.21. The van der Waals surface area contributed by atoms with Gasteiger partial charge in [-0.3, -0.25) is 4.98 Å². The summed E-state index contributed by atoms with van der Waals surface area (Å²) in [6.07, 6.45) is 6.97. The molecule has 2 nitrogen and oxygen atoms in total. The second kappa shape index (κ2) is 6.43. The van der Waals surface area contributed by atoms with Crippen LogP contribution >= 0.6 is 11.3 Å². The fourth-order valence-electron chi connectivity index (χ4n) is 4.87. The van der Waals surface area contributed by atoms with Crippen molar-refractivity contribution >= 4 is 31.5 Å². The maximum Gasteiger partial charge on any atom is 0.0991 e. The van der Waals surface area contributed by atoms with Crippen molar-refractivity contribution in [2.24, 2.45) is 0 Å². The van der Waals surface area contributed by atoms with Crippen molar-refractivity contribution in [2.45, 2.75) is 46.5 Å². The zero-order valence-corrected chi connectivity index (χ0v) is 17.3. The highest BCUT2D eigenvalue weighted by molar-refractivity contribution is 7.26. The van der Waals surface area contributed by atoms with Crippen molar-refractivity contribution in [3.8, 4) is 17.3 Å². The number of nitrogens with zero attached hydrogens (tertiary/aromatic N) is 2. The summed E-state index contributed by atoms with van der Waals surface area (Å²) in [7, 11) is 0. The van der Waals surface area contributed by atoms with Crippen LogP contribution in [0.2, 0.25) is 0 Å². The van der Waals surface area contributed by atoms with Crippen LogP contribution in [0.3, 0.4) is 0 Å². The summed E-state index contributed by atoms with van der Waals surface area (Å²) in [6.45, 7) is 6.69. The van der Waals surface area contributed by atoms with E-state index in [1.807, 2.05) is 35.7 Å². The third-order valence-corrected chi connectivity index (χ3v) is 7.64. The van der Waals surface area contributed by atoms with E-state index in [4.69, 9.17) is 4.98 Å². The Bertz CT molecular complexity index is 1300. The fraction of sp³-hybridized carbons (Fsp3) is 0.280. The van der Waals surface area contributed by atoms with Gasteiger partial charge in [-0.2, -0.15) is 5.26 Å². The molecule has 2 aromatic heterocycles. The molecule has 2 aromatic carbocycles. The molecule has 0 unspecified atom stereocenters. The Morgan fingerprint density at radius 2 is 1.71 bits per heavy atom. The molecule has 0 aliphatic heterocycles. The Labute approximate surface area is 169 Å². The smallest absolute Gasteiger partial charge is 0.0991 e. The van der Waals surface area contributed by atoms with Gasteiger partial charge >= 0.3 is 0 Å². The topological polar surface area (TPSA) is 36.7 Å². The average molecular weight is 383 g/mol. The predicted octanol–water partition coefficient (Wildman–Crippen LogP) is 6.79. The number of hydrogen-bond donors (Lipinski definition) is 0. The van der Waals surface area contributed by atoms with Gasteiger partial charge in [0.1, 0.15) is 0 Å². The van der Waals surface area contributed by atoms with Crippen LogP contribution in [-0.4, -0.2) is 4.98 Å². The summed E-state index contributed by atoms with van der Waals surface area (Å²) in [4.78, 5) is 4.77. The molecule has 138 valence electrons. The quantitative estimate of drug-likeness (QED) is 0.363. The maximum absolute atomic E-state index is 9.19. The van der Waals surface area contributed by atoms with E-state index < -0.39 is 0 Å². The maximum atomic E-state index is 9.19. The molecule has 3 heteroatoms. The Kier molecular flexibility index (Phi) is 4.00. The van der Waals surface area contributed by atoms with Crippen molar-refractivity contribution in [1.82, 2.24) is 4.98 Å². The summed E-state index contributed by atoms with van der Waals surface area (Å²) in [5.74, 6) is 0. The Morgan fingerprint density at radius 1 is 0.964 bits per heavy atom. The summed E-state index contributed by atoms with van der Waals surface area (Å²) in [5.41, 5.74) is 10.1. The van der Waals surface area contributed by atoms with E-state index in [1.165, 1.54) is 57.0 Å². The first-order valence-electron chi connectivity index (χ1n) is 9.93. The Balaban J connectivity index is 1.86. The first-order chi connectivity index (χ1) is 13.6. The van der Waals surface area contributed by atoms with Gasteiger partial charge < -0.3 is 0 Å². The lowest BCUT2D eigenvalue weighted by molar-refractivity contribution is 0.681. The number of nitriles is 1. The molecule has 0 amide bonds. The van der Waals surface area contributed by atoms with Crippen molar-refractivity contribution in [3.63, 3.8) is 0 Å². The third kappa shape index (κ3) is 2.41. The van der Waals surface area contributed by atoms with Gasteiger partial charge in [0, 0.05) is 27.2 Å². The number of aromatic nitrogens is 1. The SMILES string of the molecule is Cc1cc(C#N)ccc1-c1nccc2c1sc1c(C)c3c(c(C)c12)CCCC3. The molecule has 0 saturated heterocycles. The van der Waals surface area contributed by atoms with Gasteiger partial charge in [0.25, 0.3) is 0 Å². The minimum Gasteiger partial charge on any atom is -0.255 e. The van der Waals surface area contributed by atoms with Crippen LogP contribution in [0.25, 0.3) is 31.4 Å². The van der Waals surface area contributed by atoms with Gasteiger partial charge in [-0.05, 0) is 92.5 Å². The van der Waals surface area contributed by atoms with Gasteiger partial charge in [-0.15, -0.1) is 11.3 Å². The highest BCUT2D eigenvalue weighted by Gasteiger charge is 2.22. The number of pyridine rings is 1. The van der Waals surface area contributed by atoms with Crippen molar-refractivity contribution < 1.29 is 0 Å². The molecular formula is C25H22N2S. The number of aryl methyl sites for hydroxylation is 3. The molecule has 0 spiro atoms. The molecule has 2 heterocycles. The van der Waals surface area contributed by atoms with Gasteiger partial charge in [0.2, 0.25) is 0 Å².